The Kier molecular flexibility index (Phi) is 7.45. The van der Waals surface area contributed by atoms with Crippen LogP contribution < -0.4 is 0 Å². The molecular formula is C50H40O. The maximum atomic E-state index is 7.04. The van der Waals surface area contributed by atoms with Gasteiger partial charge in [0.1, 0.15) is 11.2 Å². The Morgan fingerprint density at radius 2 is 1.06 bits per heavy atom. The van der Waals surface area contributed by atoms with E-state index in [4.69, 9.17) is 4.42 Å². The topological polar surface area (TPSA) is 13.1 Å². The summed E-state index contributed by atoms with van der Waals surface area (Å²) in [5, 5.41) is 4.83. The minimum atomic E-state index is 0.386. The van der Waals surface area contributed by atoms with E-state index in [9.17, 15) is 0 Å². The summed E-state index contributed by atoms with van der Waals surface area (Å²) >= 11 is 0. The fourth-order valence-corrected chi connectivity index (χ4v) is 9.32. The van der Waals surface area contributed by atoms with Crippen molar-refractivity contribution < 1.29 is 4.42 Å². The van der Waals surface area contributed by atoms with Crippen molar-refractivity contribution in [3.8, 4) is 11.1 Å². The van der Waals surface area contributed by atoms with Gasteiger partial charge in [0.05, 0.1) is 0 Å². The second kappa shape index (κ2) is 12.6. The van der Waals surface area contributed by atoms with Crippen LogP contribution in [0.2, 0.25) is 0 Å². The minimum Gasteiger partial charge on any atom is -0.455 e. The molecule has 0 spiro atoms. The zero-order valence-electron chi connectivity index (χ0n) is 28.7. The van der Waals surface area contributed by atoms with Gasteiger partial charge >= 0.3 is 0 Å². The fourth-order valence-electron chi connectivity index (χ4n) is 9.32. The number of allylic oxidation sites excluding steroid dienone is 8. The van der Waals surface area contributed by atoms with Gasteiger partial charge in [-0.25, -0.2) is 0 Å². The van der Waals surface area contributed by atoms with E-state index >= 15 is 0 Å². The smallest absolute Gasteiger partial charge is 0.143 e. The molecule has 1 aromatic heterocycles. The highest BCUT2D eigenvalue weighted by Gasteiger charge is 2.35. The second-order valence-electron chi connectivity index (χ2n) is 14.8. The monoisotopic (exact) mass is 656 g/mol. The SMILES string of the molecule is C1=CC2C=C(C3CC(c4ccccc4)CC(c4cccc5c4oc4c6ccccc6c(-c6ccccc6)cc54)C3)C=CC2C=C1c1ccccc1. The van der Waals surface area contributed by atoms with Gasteiger partial charge in [-0.2, -0.15) is 0 Å². The third-order valence-corrected chi connectivity index (χ3v) is 11.8. The average molecular weight is 657 g/mol. The number of furan rings is 1. The van der Waals surface area contributed by atoms with E-state index < -0.39 is 0 Å². The molecule has 1 heteroatoms. The van der Waals surface area contributed by atoms with Crippen molar-refractivity contribution in [2.75, 3.05) is 0 Å². The molecule has 10 rings (SSSR count). The highest BCUT2D eigenvalue weighted by Crippen LogP contribution is 2.50. The summed E-state index contributed by atoms with van der Waals surface area (Å²) in [7, 11) is 0. The molecular weight excluding hydrogens is 617 g/mol. The summed E-state index contributed by atoms with van der Waals surface area (Å²) in [6.45, 7) is 0. The number of hydrogen-bond donors (Lipinski definition) is 0. The predicted molar refractivity (Wildman–Crippen MR) is 214 cm³/mol. The van der Waals surface area contributed by atoms with Crippen molar-refractivity contribution in [2.24, 2.45) is 17.8 Å². The van der Waals surface area contributed by atoms with Crippen molar-refractivity contribution in [1.29, 1.82) is 0 Å². The molecule has 0 N–H and O–H groups in total. The van der Waals surface area contributed by atoms with Crippen LogP contribution in [0, 0.1) is 17.8 Å². The summed E-state index contributed by atoms with van der Waals surface area (Å²) in [6, 6.07) is 50.7. The Hall–Kier alpha value is -5.66. The zero-order valence-corrected chi connectivity index (χ0v) is 28.7. The Morgan fingerprint density at radius 1 is 0.451 bits per heavy atom. The van der Waals surface area contributed by atoms with Crippen molar-refractivity contribution in [2.45, 2.75) is 31.1 Å². The normalized spacial score (nSPS) is 22.9. The number of rotatable bonds is 5. The lowest BCUT2D eigenvalue weighted by Crippen LogP contribution is -2.24. The molecule has 5 unspecified atom stereocenters. The van der Waals surface area contributed by atoms with Gasteiger partial charge < -0.3 is 4.42 Å². The summed E-state index contributed by atoms with van der Waals surface area (Å²) in [5.41, 5.74) is 11.5. The van der Waals surface area contributed by atoms with Crippen LogP contribution in [-0.4, -0.2) is 0 Å². The van der Waals surface area contributed by atoms with Crippen LogP contribution >= 0.6 is 0 Å². The van der Waals surface area contributed by atoms with Gasteiger partial charge in [0.15, 0.2) is 0 Å². The summed E-state index contributed by atoms with van der Waals surface area (Å²) in [6.07, 6.45) is 18.1. The molecule has 3 aliphatic carbocycles. The predicted octanol–water partition coefficient (Wildman–Crippen LogP) is 13.5. The van der Waals surface area contributed by atoms with Crippen LogP contribution in [0.25, 0.3) is 49.4 Å². The molecule has 246 valence electrons. The molecule has 0 saturated heterocycles. The molecule has 0 amide bonds. The van der Waals surface area contributed by atoms with Gasteiger partial charge in [-0.3, -0.25) is 0 Å². The molecule has 5 atom stereocenters. The number of hydrogen-bond acceptors (Lipinski definition) is 1. The van der Waals surface area contributed by atoms with E-state index in [0.717, 1.165) is 24.0 Å². The maximum absolute atomic E-state index is 7.04. The van der Waals surface area contributed by atoms with Crippen LogP contribution in [0.1, 0.15) is 47.8 Å². The van der Waals surface area contributed by atoms with Gasteiger partial charge in [-0.15, -0.1) is 0 Å². The van der Waals surface area contributed by atoms with Crippen LogP contribution in [0.5, 0.6) is 0 Å². The van der Waals surface area contributed by atoms with Crippen LogP contribution in [-0.2, 0) is 0 Å². The van der Waals surface area contributed by atoms with E-state index in [0.29, 0.717) is 29.6 Å². The first kappa shape index (κ1) is 30.2. The Balaban J connectivity index is 1.05. The lowest BCUT2D eigenvalue weighted by Gasteiger charge is -2.38. The molecule has 1 nitrogen and oxygen atoms in total. The Labute approximate surface area is 300 Å². The van der Waals surface area contributed by atoms with Crippen molar-refractivity contribution >= 4 is 38.3 Å². The molecule has 1 heterocycles. The Bertz CT molecular complexity index is 2510. The molecule has 1 fully saturated rings. The molecule has 6 aromatic carbocycles. The fraction of sp³-hybridized carbons (Fsp3) is 0.160. The molecule has 3 aliphatic rings. The van der Waals surface area contributed by atoms with E-state index in [1.165, 1.54) is 66.9 Å². The highest BCUT2D eigenvalue weighted by molar-refractivity contribution is 6.19. The zero-order chi connectivity index (χ0) is 33.7. The summed E-state index contributed by atoms with van der Waals surface area (Å²) in [4.78, 5) is 0. The second-order valence-corrected chi connectivity index (χ2v) is 14.8. The molecule has 51 heavy (non-hydrogen) atoms. The van der Waals surface area contributed by atoms with Crippen LogP contribution in [0.15, 0.2) is 186 Å². The lowest BCUT2D eigenvalue weighted by atomic mass is 9.66. The van der Waals surface area contributed by atoms with Gasteiger partial charge in [-0.05, 0) is 87.4 Å². The maximum Gasteiger partial charge on any atom is 0.143 e. The van der Waals surface area contributed by atoms with Crippen LogP contribution in [0.3, 0.4) is 0 Å². The van der Waals surface area contributed by atoms with E-state index in [2.05, 4.69) is 176 Å². The van der Waals surface area contributed by atoms with Crippen molar-refractivity contribution in [3.05, 3.63) is 198 Å². The standard InChI is InChI=1S/C50H40O/c1-4-13-33(14-5-1)36-23-24-38-28-39(26-25-37(38)27-36)41-29-40(34-15-6-2-7-16-34)30-42(31-41)43-21-12-22-46-48-32-47(35-17-8-3-9-18-35)44-19-10-11-20-45(44)50(48)51-49(43)46/h1-28,32,37-38,40-42H,29-31H2. The van der Waals surface area contributed by atoms with Gasteiger partial charge in [-0.1, -0.05) is 170 Å². The average Bonchev–Trinajstić information content (AvgIpc) is 3.60. The number of benzene rings is 6. The first-order valence-electron chi connectivity index (χ1n) is 18.6. The third-order valence-electron chi connectivity index (χ3n) is 11.8. The van der Waals surface area contributed by atoms with Gasteiger partial charge in [0, 0.05) is 28.0 Å². The molecule has 0 aliphatic heterocycles. The van der Waals surface area contributed by atoms with Crippen molar-refractivity contribution in [1.82, 2.24) is 0 Å². The van der Waals surface area contributed by atoms with Crippen LogP contribution in [0.4, 0.5) is 0 Å². The van der Waals surface area contributed by atoms with E-state index in [1.807, 2.05) is 0 Å². The van der Waals surface area contributed by atoms with Crippen molar-refractivity contribution in [3.63, 3.8) is 0 Å². The minimum absolute atomic E-state index is 0.386. The first-order chi connectivity index (χ1) is 25.3. The summed E-state index contributed by atoms with van der Waals surface area (Å²) in [5.74, 6) is 2.15. The van der Waals surface area contributed by atoms with Gasteiger partial charge in [0.2, 0.25) is 0 Å². The Morgan fingerprint density at radius 3 is 1.86 bits per heavy atom. The van der Waals surface area contributed by atoms with Gasteiger partial charge in [0.25, 0.3) is 0 Å². The summed E-state index contributed by atoms with van der Waals surface area (Å²) < 4.78 is 7.04. The van der Waals surface area contributed by atoms with E-state index in [1.54, 1.807) is 0 Å². The molecule has 0 bridgehead atoms. The molecule has 7 aromatic rings. The quantitative estimate of drug-likeness (QED) is 0.180. The third kappa shape index (κ3) is 5.40. The highest BCUT2D eigenvalue weighted by atomic mass is 16.3. The van der Waals surface area contributed by atoms with E-state index in [-0.39, 0.29) is 0 Å². The lowest BCUT2D eigenvalue weighted by molar-refractivity contribution is 0.322. The molecule has 0 radical (unpaired) electrons. The largest absolute Gasteiger partial charge is 0.455 e. The first-order valence-corrected chi connectivity index (χ1v) is 18.6. The molecule has 1 saturated carbocycles. The number of fused-ring (bicyclic) bond motifs is 6. The number of para-hydroxylation sites is 1.